The van der Waals surface area contributed by atoms with Gasteiger partial charge in [-0.15, -0.1) is 0 Å². The molecule has 3 heterocycles. The van der Waals surface area contributed by atoms with Crippen molar-refractivity contribution in [3.8, 4) is 5.88 Å². The molecule has 0 radical (unpaired) electrons. The van der Waals surface area contributed by atoms with Crippen molar-refractivity contribution in [3.05, 3.63) is 11.0 Å². The zero-order valence-corrected chi connectivity index (χ0v) is 22.2. The molecule has 7 nitrogen and oxygen atoms in total. The second-order valence-electron chi connectivity index (χ2n) is 10.3. The lowest BCUT2D eigenvalue weighted by Gasteiger charge is -2.56. The number of anilines is 1. The fraction of sp³-hybridized carbons (Fsp3) is 0.667. The first kappa shape index (κ1) is 23.9. The standard InChI is InChI=1S/C21H30ClFN4O3SSi/c1-20(2,3)32(6,7)30-12-10-21(11-12)8-9-29-18-13-15(14(23)16(22)25-18)24-19(31(5)28)26-17(13)27(21)4/h12H,8-11H2,1-7H3. The average Bonchev–Trinajstić information content (AvgIpc) is 2.65. The van der Waals surface area contributed by atoms with Gasteiger partial charge in [-0.1, -0.05) is 32.4 Å². The molecular formula is C21H30ClFN4O3SSi. The van der Waals surface area contributed by atoms with Crippen molar-refractivity contribution in [1.82, 2.24) is 15.0 Å². The van der Waals surface area contributed by atoms with Gasteiger partial charge in [0.25, 0.3) is 0 Å². The van der Waals surface area contributed by atoms with Crippen molar-refractivity contribution < 1.29 is 18.1 Å². The monoisotopic (exact) mass is 500 g/mol. The molecule has 11 heteroatoms. The van der Waals surface area contributed by atoms with Crippen LogP contribution in [0.25, 0.3) is 10.9 Å². The van der Waals surface area contributed by atoms with Crippen LogP contribution in [0.15, 0.2) is 5.16 Å². The highest BCUT2D eigenvalue weighted by Crippen LogP contribution is 2.50. The lowest BCUT2D eigenvalue weighted by atomic mass is 9.71. The maximum Gasteiger partial charge on any atom is 0.345 e. The molecule has 1 fully saturated rings. The third-order valence-electron chi connectivity index (χ3n) is 7.25. The Labute approximate surface area is 197 Å². The molecule has 0 aromatic carbocycles. The molecule has 1 aliphatic carbocycles. The summed E-state index contributed by atoms with van der Waals surface area (Å²) in [4.78, 5) is 14.9. The maximum atomic E-state index is 14.9. The topological polar surface area (TPSA) is 83.4 Å². The van der Waals surface area contributed by atoms with Gasteiger partial charge in [0.1, 0.15) is 17.2 Å². The minimum atomic E-state index is -1.90. The molecule has 2 aromatic rings. The van der Waals surface area contributed by atoms with Crippen LogP contribution in [0, 0.1) is 5.82 Å². The van der Waals surface area contributed by atoms with Gasteiger partial charge in [-0.3, -0.25) is 0 Å². The first-order chi connectivity index (χ1) is 14.8. The maximum absolute atomic E-state index is 14.9. The highest BCUT2D eigenvalue weighted by Gasteiger charge is 2.52. The zero-order chi connectivity index (χ0) is 23.6. The molecule has 0 amide bonds. The van der Waals surface area contributed by atoms with E-state index in [4.69, 9.17) is 20.8 Å². The highest BCUT2D eigenvalue weighted by molar-refractivity contribution is 7.90. The Morgan fingerprint density at radius 2 is 1.94 bits per heavy atom. The zero-order valence-electron chi connectivity index (χ0n) is 19.6. The van der Waals surface area contributed by atoms with E-state index in [2.05, 4.69) is 53.7 Å². The van der Waals surface area contributed by atoms with Gasteiger partial charge < -0.3 is 18.6 Å². The van der Waals surface area contributed by atoms with Crippen molar-refractivity contribution in [1.29, 1.82) is 0 Å². The van der Waals surface area contributed by atoms with Gasteiger partial charge in [-0.05, 0) is 31.0 Å². The first-order valence-electron chi connectivity index (χ1n) is 10.7. The van der Waals surface area contributed by atoms with Crippen LogP contribution in [0.5, 0.6) is 5.88 Å². The van der Waals surface area contributed by atoms with Crippen molar-refractivity contribution in [2.24, 2.45) is 0 Å². The Balaban J connectivity index is 1.75. The van der Waals surface area contributed by atoms with Crippen LogP contribution in [0.4, 0.5) is 10.2 Å². The van der Waals surface area contributed by atoms with Gasteiger partial charge in [0.2, 0.25) is 5.88 Å². The molecule has 0 saturated heterocycles. The number of hydrogen-bond acceptors (Lipinski definition) is 7. The summed E-state index contributed by atoms with van der Waals surface area (Å²) in [6, 6.07) is 0. The summed E-state index contributed by atoms with van der Waals surface area (Å²) in [5.41, 5.74) is -0.276. The van der Waals surface area contributed by atoms with Crippen molar-refractivity contribution in [2.75, 3.05) is 24.8 Å². The number of pyridine rings is 1. The van der Waals surface area contributed by atoms with Gasteiger partial charge in [0.05, 0.1) is 6.61 Å². The number of rotatable bonds is 3. The largest absolute Gasteiger partial charge is 0.609 e. The summed E-state index contributed by atoms with van der Waals surface area (Å²) >= 11 is 4.50. The van der Waals surface area contributed by atoms with E-state index in [0.29, 0.717) is 17.8 Å². The number of aromatic nitrogens is 3. The molecular weight excluding hydrogens is 471 g/mol. The van der Waals surface area contributed by atoms with Crippen LogP contribution in [0.2, 0.25) is 23.3 Å². The summed E-state index contributed by atoms with van der Waals surface area (Å²) in [5.74, 6) is -0.103. The molecule has 32 heavy (non-hydrogen) atoms. The quantitative estimate of drug-likeness (QED) is 0.261. The minimum absolute atomic E-state index is 0.0208. The molecule has 1 atom stereocenters. The summed E-state index contributed by atoms with van der Waals surface area (Å²) < 4.78 is 39.7. The predicted molar refractivity (Wildman–Crippen MR) is 127 cm³/mol. The van der Waals surface area contributed by atoms with Gasteiger partial charge in [-0.25, -0.2) is 4.39 Å². The van der Waals surface area contributed by atoms with E-state index in [-0.39, 0.29) is 38.4 Å². The summed E-state index contributed by atoms with van der Waals surface area (Å²) in [6.45, 7) is 11.6. The Kier molecular flexibility index (Phi) is 5.94. The molecule has 1 unspecified atom stereocenters. The van der Waals surface area contributed by atoms with E-state index >= 15 is 0 Å². The Morgan fingerprint density at radius 1 is 1.28 bits per heavy atom. The van der Waals surface area contributed by atoms with Gasteiger partial charge in [0, 0.05) is 36.3 Å². The Morgan fingerprint density at radius 3 is 2.53 bits per heavy atom. The molecule has 176 valence electrons. The van der Waals surface area contributed by atoms with Crippen LogP contribution in [0.3, 0.4) is 0 Å². The fourth-order valence-electron chi connectivity index (χ4n) is 4.22. The fourth-order valence-corrected chi connectivity index (χ4v) is 6.18. The van der Waals surface area contributed by atoms with E-state index in [1.165, 1.54) is 6.26 Å². The number of hydrogen-bond donors (Lipinski definition) is 0. The number of halogens is 2. The van der Waals surface area contributed by atoms with Crippen LogP contribution in [0.1, 0.15) is 40.0 Å². The van der Waals surface area contributed by atoms with Gasteiger partial charge >= 0.3 is 5.16 Å². The second kappa shape index (κ2) is 7.94. The third-order valence-corrected chi connectivity index (χ3v) is 12.7. The van der Waals surface area contributed by atoms with Crippen LogP contribution in [-0.2, 0) is 15.6 Å². The second-order valence-corrected chi connectivity index (χ2v) is 16.7. The lowest BCUT2D eigenvalue weighted by Crippen LogP contribution is -2.62. The van der Waals surface area contributed by atoms with Crippen LogP contribution in [-0.4, -0.2) is 59.4 Å². The van der Waals surface area contributed by atoms with Crippen LogP contribution >= 0.6 is 11.6 Å². The molecule has 1 spiro atoms. The minimum Gasteiger partial charge on any atom is -0.609 e. The predicted octanol–water partition coefficient (Wildman–Crippen LogP) is 4.70. The van der Waals surface area contributed by atoms with Gasteiger partial charge in [0.15, 0.2) is 25.1 Å². The SMILES string of the molecule is CN1c2nc([S+](C)[O-])nc3c(F)c(Cl)nc(c23)OCCC12CC(O[Si](C)(C)C(C)(C)C)C2. The number of ether oxygens (including phenoxy) is 1. The molecule has 1 aliphatic heterocycles. The summed E-state index contributed by atoms with van der Waals surface area (Å²) in [6.07, 6.45) is 3.97. The molecule has 1 saturated carbocycles. The van der Waals surface area contributed by atoms with E-state index in [1.54, 1.807) is 0 Å². The van der Waals surface area contributed by atoms with Crippen LogP contribution < -0.4 is 9.64 Å². The Hall–Kier alpha value is -1.20. The van der Waals surface area contributed by atoms with E-state index in [0.717, 1.165) is 19.3 Å². The Bertz CT molecular complexity index is 1060. The summed E-state index contributed by atoms with van der Waals surface area (Å²) in [5, 5.41) is 0.216. The molecule has 2 aromatic heterocycles. The third kappa shape index (κ3) is 3.87. The van der Waals surface area contributed by atoms with Crippen molar-refractivity contribution in [3.63, 3.8) is 0 Å². The number of nitrogens with zero attached hydrogens (tertiary/aromatic N) is 4. The van der Waals surface area contributed by atoms with Crippen molar-refractivity contribution in [2.45, 2.75) is 75.0 Å². The van der Waals surface area contributed by atoms with Crippen molar-refractivity contribution >= 4 is 47.8 Å². The molecule has 2 aliphatic rings. The van der Waals surface area contributed by atoms with E-state index in [1.807, 2.05) is 7.05 Å². The smallest absolute Gasteiger partial charge is 0.345 e. The average molecular weight is 501 g/mol. The van der Waals surface area contributed by atoms with E-state index in [9.17, 15) is 8.94 Å². The highest BCUT2D eigenvalue weighted by atomic mass is 35.5. The normalized spacial score (nSPS) is 24.7. The summed E-state index contributed by atoms with van der Waals surface area (Å²) in [7, 11) is 0.0423. The van der Waals surface area contributed by atoms with E-state index < -0.39 is 25.3 Å². The van der Waals surface area contributed by atoms with Gasteiger partial charge in [-0.2, -0.15) is 15.0 Å². The first-order valence-corrected chi connectivity index (χ1v) is 15.5. The molecule has 0 bridgehead atoms. The lowest BCUT2D eigenvalue weighted by molar-refractivity contribution is 0.0174. The molecule has 0 N–H and O–H groups in total. The molecule has 4 rings (SSSR count).